The highest BCUT2D eigenvalue weighted by atomic mass is 32.2. The van der Waals surface area contributed by atoms with Gasteiger partial charge in [0.1, 0.15) is 5.82 Å². The van der Waals surface area contributed by atoms with E-state index in [1.807, 2.05) is 30.3 Å². The Labute approximate surface area is 141 Å². The van der Waals surface area contributed by atoms with E-state index in [1.54, 1.807) is 22.5 Å². The van der Waals surface area contributed by atoms with Gasteiger partial charge in [0.05, 0.1) is 15.9 Å². The van der Waals surface area contributed by atoms with Gasteiger partial charge in [0, 0.05) is 18.7 Å². The number of imidazole rings is 1. The summed E-state index contributed by atoms with van der Waals surface area (Å²) in [7, 11) is -3.42. The van der Waals surface area contributed by atoms with Crippen molar-refractivity contribution in [1.82, 2.24) is 14.3 Å². The van der Waals surface area contributed by atoms with Crippen LogP contribution in [-0.2, 0) is 10.0 Å². The van der Waals surface area contributed by atoms with Crippen LogP contribution in [0.2, 0.25) is 0 Å². The summed E-state index contributed by atoms with van der Waals surface area (Å²) in [5.41, 5.74) is 2.49. The van der Waals surface area contributed by atoms with Crippen molar-refractivity contribution in [2.45, 2.75) is 24.2 Å². The average molecular weight is 341 g/mol. The molecule has 2 heterocycles. The standard InChI is InChI=1S/C18H19N3O2S/c22-24(23,21-11-5-2-6-12-21)15-9-10-16-17(13-15)20-18(19-16)14-7-3-1-4-8-14/h1,3-4,7-10,13H,2,5-6,11-12H2,(H,19,20). The summed E-state index contributed by atoms with van der Waals surface area (Å²) in [6.07, 6.45) is 2.97. The highest BCUT2D eigenvalue weighted by Crippen LogP contribution is 2.25. The van der Waals surface area contributed by atoms with Crippen LogP contribution in [0, 0.1) is 0 Å². The first-order chi connectivity index (χ1) is 11.6. The average Bonchev–Trinajstić information content (AvgIpc) is 3.06. The van der Waals surface area contributed by atoms with Gasteiger partial charge in [-0.3, -0.25) is 0 Å². The number of nitrogens with zero attached hydrogens (tertiary/aromatic N) is 2. The number of H-pyrrole nitrogens is 1. The molecular weight excluding hydrogens is 322 g/mol. The summed E-state index contributed by atoms with van der Waals surface area (Å²) in [5.74, 6) is 0.748. The van der Waals surface area contributed by atoms with E-state index in [2.05, 4.69) is 9.97 Å². The third-order valence-corrected chi connectivity index (χ3v) is 6.35. The number of aromatic nitrogens is 2. The molecule has 124 valence electrons. The second kappa shape index (κ2) is 6.03. The third kappa shape index (κ3) is 2.72. The second-order valence-corrected chi connectivity index (χ2v) is 8.03. The Morgan fingerprint density at radius 1 is 0.958 bits per heavy atom. The molecule has 4 rings (SSSR count). The van der Waals surface area contributed by atoms with Crippen LogP contribution in [0.25, 0.3) is 22.4 Å². The largest absolute Gasteiger partial charge is 0.338 e. The Kier molecular flexibility index (Phi) is 3.86. The van der Waals surface area contributed by atoms with Gasteiger partial charge in [0.25, 0.3) is 0 Å². The maximum absolute atomic E-state index is 12.8. The summed E-state index contributed by atoms with van der Waals surface area (Å²) >= 11 is 0. The zero-order chi connectivity index (χ0) is 16.6. The van der Waals surface area contributed by atoms with Gasteiger partial charge in [0.15, 0.2) is 0 Å². The highest BCUT2D eigenvalue weighted by Gasteiger charge is 2.26. The molecule has 2 aromatic carbocycles. The van der Waals surface area contributed by atoms with Crippen molar-refractivity contribution in [2.75, 3.05) is 13.1 Å². The normalized spacial score (nSPS) is 16.5. The zero-order valence-electron chi connectivity index (χ0n) is 13.3. The summed E-state index contributed by atoms with van der Waals surface area (Å²) in [6, 6.07) is 14.9. The molecule has 5 nitrogen and oxygen atoms in total. The minimum Gasteiger partial charge on any atom is -0.338 e. The number of piperidine rings is 1. The van der Waals surface area contributed by atoms with Crippen LogP contribution in [0.3, 0.4) is 0 Å². The van der Waals surface area contributed by atoms with E-state index in [9.17, 15) is 8.42 Å². The van der Waals surface area contributed by atoms with Crippen molar-refractivity contribution in [3.63, 3.8) is 0 Å². The molecule has 1 saturated heterocycles. The number of hydrogen-bond acceptors (Lipinski definition) is 3. The third-order valence-electron chi connectivity index (χ3n) is 4.45. The SMILES string of the molecule is O=S(=O)(c1ccc2nc(-c3ccccc3)[nH]c2c1)N1CCCCC1. The number of aromatic amines is 1. The van der Waals surface area contributed by atoms with Crippen LogP contribution >= 0.6 is 0 Å². The fraction of sp³-hybridized carbons (Fsp3) is 0.278. The second-order valence-electron chi connectivity index (χ2n) is 6.10. The Hall–Kier alpha value is -2.18. The Balaban J connectivity index is 1.73. The van der Waals surface area contributed by atoms with E-state index in [1.165, 1.54) is 0 Å². The first-order valence-corrected chi connectivity index (χ1v) is 9.64. The van der Waals surface area contributed by atoms with Gasteiger partial charge in [-0.05, 0) is 31.0 Å². The molecule has 0 radical (unpaired) electrons. The minimum atomic E-state index is -3.42. The van der Waals surface area contributed by atoms with Gasteiger partial charge in [0.2, 0.25) is 10.0 Å². The fourth-order valence-corrected chi connectivity index (χ4v) is 4.68. The molecule has 3 aromatic rings. The summed E-state index contributed by atoms with van der Waals surface area (Å²) in [4.78, 5) is 8.12. The maximum Gasteiger partial charge on any atom is 0.243 e. The summed E-state index contributed by atoms with van der Waals surface area (Å²) in [6.45, 7) is 1.22. The maximum atomic E-state index is 12.8. The Morgan fingerprint density at radius 2 is 1.71 bits per heavy atom. The quantitative estimate of drug-likeness (QED) is 0.794. The van der Waals surface area contributed by atoms with Gasteiger partial charge in [-0.1, -0.05) is 36.8 Å². The molecule has 24 heavy (non-hydrogen) atoms. The van der Waals surface area contributed by atoms with E-state index in [0.717, 1.165) is 41.7 Å². The van der Waals surface area contributed by atoms with Crippen molar-refractivity contribution in [1.29, 1.82) is 0 Å². The predicted molar refractivity (Wildman–Crippen MR) is 94.1 cm³/mol. The summed E-state index contributed by atoms with van der Waals surface area (Å²) in [5, 5.41) is 0. The molecule has 1 fully saturated rings. The molecule has 1 aliphatic heterocycles. The van der Waals surface area contributed by atoms with Crippen LogP contribution in [0.4, 0.5) is 0 Å². The number of nitrogens with one attached hydrogen (secondary N) is 1. The monoisotopic (exact) mass is 341 g/mol. The lowest BCUT2D eigenvalue weighted by atomic mass is 10.2. The Morgan fingerprint density at radius 3 is 2.46 bits per heavy atom. The molecule has 0 aliphatic carbocycles. The Bertz CT molecular complexity index is 958. The molecule has 0 spiro atoms. The lowest BCUT2D eigenvalue weighted by Gasteiger charge is -2.25. The van der Waals surface area contributed by atoms with Crippen molar-refractivity contribution >= 4 is 21.1 Å². The molecule has 0 amide bonds. The van der Waals surface area contributed by atoms with Crippen LogP contribution < -0.4 is 0 Å². The number of fused-ring (bicyclic) bond motifs is 1. The molecule has 0 unspecified atom stereocenters. The van der Waals surface area contributed by atoms with Crippen molar-refractivity contribution in [2.24, 2.45) is 0 Å². The molecule has 0 bridgehead atoms. The minimum absolute atomic E-state index is 0.333. The number of benzene rings is 2. The van der Waals surface area contributed by atoms with Crippen molar-refractivity contribution < 1.29 is 8.42 Å². The van der Waals surface area contributed by atoms with Crippen LogP contribution in [0.15, 0.2) is 53.4 Å². The fourth-order valence-electron chi connectivity index (χ4n) is 3.14. The number of hydrogen-bond donors (Lipinski definition) is 1. The van der Waals surface area contributed by atoms with Gasteiger partial charge in [-0.2, -0.15) is 4.31 Å². The van der Waals surface area contributed by atoms with Crippen molar-refractivity contribution in [3.05, 3.63) is 48.5 Å². The smallest absolute Gasteiger partial charge is 0.243 e. The van der Waals surface area contributed by atoms with Crippen LogP contribution in [0.5, 0.6) is 0 Å². The van der Waals surface area contributed by atoms with Gasteiger partial charge < -0.3 is 4.98 Å². The van der Waals surface area contributed by atoms with Crippen LogP contribution in [0.1, 0.15) is 19.3 Å². The van der Waals surface area contributed by atoms with E-state index in [0.29, 0.717) is 18.0 Å². The molecule has 6 heteroatoms. The lowest BCUT2D eigenvalue weighted by molar-refractivity contribution is 0.346. The highest BCUT2D eigenvalue weighted by molar-refractivity contribution is 7.89. The topological polar surface area (TPSA) is 66.1 Å². The molecule has 1 aliphatic rings. The van der Waals surface area contributed by atoms with Gasteiger partial charge in [-0.15, -0.1) is 0 Å². The number of rotatable bonds is 3. The van der Waals surface area contributed by atoms with Crippen LogP contribution in [-0.4, -0.2) is 35.8 Å². The molecule has 0 saturated carbocycles. The molecule has 0 atom stereocenters. The molecular formula is C18H19N3O2S. The molecule has 1 N–H and O–H groups in total. The van der Waals surface area contributed by atoms with Crippen molar-refractivity contribution in [3.8, 4) is 11.4 Å². The zero-order valence-corrected chi connectivity index (χ0v) is 14.1. The van der Waals surface area contributed by atoms with Gasteiger partial charge in [-0.25, -0.2) is 13.4 Å². The first-order valence-electron chi connectivity index (χ1n) is 8.20. The van der Waals surface area contributed by atoms with E-state index >= 15 is 0 Å². The predicted octanol–water partition coefficient (Wildman–Crippen LogP) is 3.40. The van der Waals surface area contributed by atoms with E-state index in [4.69, 9.17) is 0 Å². The number of sulfonamides is 1. The molecule has 1 aromatic heterocycles. The first kappa shape index (κ1) is 15.4. The van der Waals surface area contributed by atoms with E-state index in [-0.39, 0.29) is 0 Å². The van der Waals surface area contributed by atoms with E-state index < -0.39 is 10.0 Å². The van der Waals surface area contributed by atoms with Gasteiger partial charge >= 0.3 is 0 Å². The summed E-state index contributed by atoms with van der Waals surface area (Å²) < 4.78 is 27.2. The lowest BCUT2D eigenvalue weighted by Crippen LogP contribution is -2.35.